The van der Waals surface area contributed by atoms with E-state index in [0.29, 0.717) is 18.8 Å². The normalized spacial score (nSPS) is 10.7. The Morgan fingerprint density at radius 3 is 3.00 bits per heavy atom. The molecule has 2 aromatic heterocycles. The number of anilines is 1. The van der Waals surface area contributed by atoms with Crippen molar-refractivity contribution >= 4 is 17.0 Å². The van der Waals surface area contributed by atoms with Crippen LogP contribution in [-0.2, 0) is 0 Å². The summed E-state index contributed by atoms with van der Waals surface area (Å²) in [5, 5.41) is 3.22. The van der Waals surface area contributed by atoms with Crippen molar-refractivity contribution in [3.63, 3.8) is 0 Å². The Morgan fingerprint density at radius 1 is 1.20 bits per heavy atom. The van der Waals surface area contributed by atoms with Crippen LogP contribution in [0.3, 0.4) is 0 Å². The minimum absolute atomic E-state index is 0.560. The number of benzene rings is 1. The Labute approximate surface area is 116 Å². The van der Waals surface area contributed by atoms with Crippen molar-refractivity contribution in [3.8, 4) is 5.75 Å². The van der Waals surface area contributed by atoms with Crippen molar-refractivity contribution in [1.82, 2.24) is 19.9 Å². The molecule has 6 heteroatoms. The Kier molecular flexibility index (Phi) is 3.45. The first-order chi connectivity index (χ1) is 9.84. The topological polar surface area (TPSA) is 75.7 Å². The van der Waals surface area contributed by atoms with Gasteiger partial charge in [-0.1, -0.05) is 18.2 Å². The average molecular weight is 269 g/mol. The molecule has 1 aromatic carbocycles. The number of imidazole rings is 1. The summed E-state index contributed by atoms with van der Waals surface area (Å²) in [5.41, 5.74) is 2.59. The third-order valence-corrected chi connectivity index (χ3v) is 2.97. The fourth-order valence-electron chi connectivity index (χ4n) is 1.95. The van der Waals surface area contributed by atoms with Crippen molar-refractivity contribution in [2.24, 2.45) is 0 Å². The van der Waals surface area contributed by atoms with Crippen LogP contribution in [0.5, 0.6) is 5.75 Å². The molecule has 0 aliphatic heterocycles. The van der Waals surface area contributed by atoms with Crippen molar-refractivity contribution in [1.29, 1.82) is 0 Å². The van der Waals surface area contributed by atoms with E-state index in [-0.39, 0.29) is 0 Å². The van der Waals surface area contributed by atoms with E-state index in [1.807, 2.05) is 31.2 Å². The van der Waals surface area contributed by atoms with Gasteiger partial charge < -0.3 is 15.0 Å². The quantitative estimate of drug-likeness (QED) is 0.694. The first kappa shape index (κ1) is 12.4. The van der Waals surface area contributed by atoms with E-state index in [2.05, 4.69) is 25.3 Å². The summed E-state index contributed by atoms with van der Waals surface area (Å²) in [6, 6.07) is 7.96. The van der Waals surface area contributed by atoms with Gasteiger partial charge in [0.25, 0.3) is 0 Å². The van der Waals surface area contributed by atoms with E-state index >= 15 is 0 Å². The predicted molar refractivity (Wildman–Crippen MR) is 76.8 cm³/mol. The molecule has 0 saturated heterocycles. The number of aromatic amines is 1. The van der Waals surface area contributed by atoms with Crippen LogP contribution in [-0.4, -0.2) is 33.1 Å². The van der Waals surface area contributed by atoms with E-state index < -0.39 is 0 Å². The molecule has 0 spiro atoms. The fraction of sp³-hybridized carbons (Fsp3) is 0.214. The maximum Gasteiger partial charge on any atom is 0.182 e. The highest BCUT2D eigenvalue weighted by Gasteiger charge is 2.04. The van der Waals surface area contributed by atoms with Crippen molar-refractivity contribution in [3.05, 3.63) is 42.5 Å². The standard InChI is InChI=1S/C14H15N5O/c1-10-4-2-3-5-11(10)20-7-6-15-13-12-14(17-8-16-12)19-9-18-13/h2-5,8-9H,6-7H2,1H3,(H2,15,16,17,18,19). The number of hydrogen-bond acceptors (Lipinski definition) is 5. The monoisotopic (exact) mass is 269 g/mol. The molecule has 102 valence electrons. The number of ether oxygens (including phenoxy) is 1. The fourth-order valence-corrected chi connectivity index (χ4v) is 1.95. The van der Waals surface area contributed by atoms with Crippen molar-refractivity contribution in [2.75, 3.05) is 18.5 Å². The molecule has 6 nitrogen and oxygen atoms in total. The second-order valence-electron chi connectivity index (χ2n) is 4.36. The van der Waals surface area contributed by atoms with Crippen molar-refractivity contribution in [2.45, 2.75) is 6.92 Å². The molecule has 3 aromatic rings. The van der Waals surface area contributed by atoms with Gasteiger partial charge in [0.05, 0.1) is 12.9 Å². The molecule has 0 amide bonds. The van der Waals surface area contributed by atoms with Gasteiger partial charge in [0.15, 0.2) is 11.5 Å². The summed E-state index contributed by atoms with van der Waals surface area (Å²) in [6.07, 6.45) is 3.10. The molecule has 0 aliphatic carbocycles. The zero-order valence-corrected chi connectivity index (χ0v) is 11.1. The zero-order chi connectivity index (χ0) is 13.8. The van der Waals surface area contributed by atoms with Gasteiger partial charge in [-0.2, -0.15) is 0 Å². The second kappa shape index (κ2) is 5.56. The molecular formula is C14H15N5O. The number of hydrogen-bond donors (Lipinski definition) is 2. The second-order valence-corrected chi connectivity index (χ2v) is 4.36. The zero-order valence-electron chi connectivity index (χ0n) is 11.1. The maximum absolute atomic E-state index is 5.72. The number of H-pyrrole nitrogens is 1. The van der Waals surface area contributed by atoms with Crippen LogP contribution in [0.2, 0.25) is 0 Å². The predicted octanol–water partition coefficient (Wildman–Crippen LogP) is 2.15. The molecular weight excluding hydrogens is 254 g/mol. The van der Waals surface area contributed by atoms with E-state index in [1.54, 1.807) is 6.33 Å². The maximum atomic E-state index is 5.72. The van der Waals surface area contributed by atoms with Crippen LogP contribution in [0.15, 0.2) is 36.9 Å². The first-order valence-corrected chi connectivity index (χ1v) is 6.41. The van der Waals surface area contributed by atoms with Gasteiger partial charge in [0, 0.05) is 0 Å². The van der Waals surface area contributed by atoms with Crippen LogP contribution < -0.4 is 10.1 Å². The van der Waals surface area contributed by atoms with Crippen LogP contribution in [0.1, 0.15) is 5.56 Å². The average Bonchev–Trinajstić information content (AvgIpc) is 2.94. The van der Waals surface area contributed by atoms with Gasteiger partial charge in [-0.15, -0.1) is 0 Å². The van der Waals surface area contributed by atoms with Gasteiger partial charge in [-0.25, -0.2) is 15.0 Å². The number of fused-ring (bicyclic) bond motifs is 1. The molecule has 3 rings (SSSR count). The smallest absolute Gasteiger partial charge is 0.182 e. The highest BCUT2D eigenvalue weighted by Crippen LogP contribution is 2.16. The largest absolute Gasteiger partial charge is 0.491 e. The number of aryl methyl sites for hydroxylation is 1. The summed E-state index contributed by atoms with van der Waals surface area (Å²) in [4.78, 5) is 15.4. The van der Waals surface area contributed by atoms with Gasteiger partial charge in [0.1, 0.15) is 24.2 Å². The lowest BCUT2D eigenvalue weighted by atomic mass is 10.2. The van der Waals surface area contributed by atoms with E-state index in [1.165, 1.54) is 6.33 Å². The summed E-state index contributed by atoms with van der Waals surface area (Å²) in [6.45, 7) is 3.24. The molecule has 20 heavy (non-hydrogen) atoms. The molecule has 0 fully saturated rings. The Morgan fingerprint density at radius 2 is 2.10 bits per heavy atom. The minimum atomic E-state index is 0.560. The van der Waals surface area contributed by atoms with Crippen LogP contribution in [0.4, 0.5) is 5.82 Å². The first-order valence-electron chi connectivity index (χ1n) is 6.41. The number of rotatable bonds is 5. The third kappa shape index (κ3) is 2.54. The van der Waals surface area contributed by atoms with Crippen LogP contribution in [0, 0.1) is 6.92 Å². The Balaban J connectivity index is 1.58. The van der Waals surface area contributed by atoms with Gasteiger partial charge in [-0.3, -0.25) is 0 Å². The summed E-state index contributed by atoms with van der Waals surface area (Å²) < 4.78 is 5.72. The summed E-state index contributed by atoms with van der Waals surface area (Å²) in [7, 11) is 0. The molecule has 0 bridgehead atoms. The highest BCUT2D eigenvalue weighted by atomic mass is 16.5. The molecule has 0 saturated carbocycles. The van der Waals surface area contributed by atoms with Gasteiger partial charge in [-0.05, 0) is 18.6 Å². The lowest BCUT2D eigenvalue weighted by Gasteiger charge is -2.10. The minimum Gasteiger partial charge on any atom is -0.491 e. The van der Waals surface area contributed by atoms with E-state index in [9.17, 15) is 0 Å². The molecule has 0 unspecified atom stereocenters. The summed E-state index contributed by atoms with van der Waals surface area (Å²) in [5.74, 6) is 1.64. The number of para-hydroxylation sites is 1. The van der Waals surface area contributed by atoms with Crippen LogP contribution >= 0.6 is 0 Å². The van der Waals surface area contributed by atoms with Crippen molar-refractivity contribution < 1.29 is 4.74 Å². The van der Waals surface area contributed by atoms with Crippen LogP contribution in [0.25, 0.3) is 11.2 Å². The van der Waals surface area contributed by atoms with Gasteiger partial charge in [0.2, 0.25) is 0 Å². The van der Waals surface area contributed by atoms with Gasteiger partial charge >= 0.3 is 0 Å². The van der Waals surface area contributed by atoms with E-state index in [0.717, 1.165) is 22.6 Å². The molecule has 2 heterocycles. The SMILES string of the molecule is Cc1ccccc1OCCNc1ncnc2nc[nH]c12. The Bertz CT molecular complexity index is 709. The number of nitrogens with one attached hydrogen (secondary N) is 2. The number of aromatic nitrogens is 4. The molecule has 0 radical (unpaired) electrons. The molecule has 2 N–H and O–H groups in total. The summed E-state index contributed by atoms with van der Waals surface area (Å²) >= 11 is 0. The van der Waals surface area contributed by atoms with E-state index in [4.69, 9.17) is 4.74 Å². The highest BCUT2D eigenvalue weighted by molar-refractivity contribution is 5.81. The number of nitrogens with zero attached hydrogens (tertiary/aromatic N) is 3. The lowest BCUT2D eigenvalue weighted by molar-refractivity contribution is 0.330. The molecule has 0 atom stereocenters. The third-order valence-electron chi connectivity index (χ3n) is 2.97. The Hall–Kier alpha value is -2.63. The lowest BCUT2D eigenvalue weighted by Crippen LogP contribution is -2.13. The molecule has 0 aliphatic rings.